The molecule has 0 atom stereocenters. The van der Waals surface area contributed by atoms with Gasteiger partial charge in [0.1, 0.15) is 17.2 Å². The molecule has 8 heteroatoms. The first-order valence-electron chi connectivity index (χ1n) is 10.7. The smallest absolute Gasteiger partial charge is 0.271 e. The van der Waals surface area contributed by atoms with Gasteiger partial charge in [0.2, 0.25) is 0 Å². The standard InChI is InChI=1S/C24H28N4O3S/c1-30-19-8-9-20(22(14-19)31-2)26-24-27-21(16-32-24)23(29)25-18-10-12-28(13-11-18)15-17-6-4-3-5-7-17/h3-9,14,16,18H,10-13,15H2,1-2H3,(H,25,29)(H,26,27). The highest BCUT2D eigenvalue weighted by atomic mass is 32.1. The molecule has 7 nitrogen and oxygen atoms in total. The number of carbonyl (C=O) groups excluding carboxylic acids is 1. The van der Waals surface area contributed by atoms with Crippen molar-refractivity contribution in [3.05, 3.63) is 65.2 Å². The topological polar surface area (TPSA) is 75.7 Å². The zero-order valence-electron chi connectivity index (χ0n) is 18.3. The van der Waals surface area contributed by atoms with Crippen LogP contribution in [0.4, 0.5) is 10.8 Å². The number of benzene rings is 2. The largest absolute Gasteiger partial charge is 0.497 e. The molecule has 3 aromatic rings. The molecule has 1 aromatic heterocycles. The number of aromatic nitrogens is 1. The van der Waals surface area contributed by atoms with Gasteiger partial charge in [-0.2, -0.15) is 0 Å². The zero-order chi connectivity index (χ0) is 22.3. The molecule has 0 unspecified atom stereocenters. The number of methoxy groups -OCH3 is 2. The number of amides is 1. The molecule has 2 aromatic carbocycles. The Morgan fingerprint density at radius 2 is 1.91 bits per heavy atom. The van der Waals surface area contributed by atoms with Crippen molar-refractivity contribution in [3.8, 4) is 11.5 Å². The van der Waals surface area contributed by atoms with E-state index in [4.69, 9.17) is 9.47 Å². The quantitative estimate of drug-likeness (QED) is 0.531. The van der Waals surface area contributed by atoms with Crippen molar-refractivity contribution < 1.29 is 14.3 Å². The van der Waals surface area contributed by atoms with E-state index in [2.05, 4.69) is 44.8 Å². The van der Waals surface area contributed by atoms with Crippen LogP contribution in [-0.4, -0.2) is 49.1 Å². The fourth-order valence-corrected chi connectivity index (χ4v) is 4.49. The van der Waals surface area contributed by atoms with Gasteiger partial charge in [-0.25, -0.2) is 4.98 Å². The summed E-state index contributed by atoms with van der Waals surface area (Å²) >= 11 is 1.39. The average Bonchev–Trinajstić information content (AvgIpc) is 3.30. The van der Waals surface area contributed by atoms with E-state index in [0.29, 0.717) is 22.3 Å². The minimum Gasteiger partial charge on any atom is -0.497 e. The predicted molar refractivity (Wildman–Crippen MR) is 127 cm³/mol. The van der Waals surface area contributed by atoms with E-state index in [1.54, 1.807) is 25.7 Å². The summed E-state index contributed by atoms with van der Waals surface area (Å²) in [7, 11) is 3.21. The number of nitrogens with zero attached hydrogens (tertiary/aromatic N) is 2. The second-order valence-electron chi connectivity index (χ2n) is 7.74. The molecule has 1 aliphatic rings. The number of piperidine rings is 1. The third-order valence-corrected chi connectivity index (χ3v) is 6.32. The monoisotopic (exact) mass is 452 g/mol. The Morgan fingerprint density at radius 3 is 2.62 bits per heavy atom. The first kappa shape index (κ1) is 22.1. The fourth-order valence-electron chi connectivity index (χ4n) is 3.79. The number of hydrogen-bond donors (Lipinski definition) is 2. The van der Waals surface area contributed by atoms with Crippen molar-refractivity contribution in [1.29, 1.82) is 0 Å². The third kappa shape index (κ3) is 5.57. The number of carbonyl (C=O) groups is 1. The van der Waals surface area contributed by atoms with E-state index in [9.17, 15) is 4.79 Å². The lowest BCUT2D eigenvalue weighted by Crippen LogP contribution is -2.44. The number of likely N-dealkylation sites (tertiary alicyclic amines) is 1. The van der Waals surface area contributed by atoms with Crippen LogP contribution in [0.1, 0.15) is 28.9 Å². The lowest BCUT2D eigenvalue weighted by Gasteiger charge is -2.32. The number of rotatable bonds is 8. The summed E-state index contributed by atoms with van der Waals surface area (Å²) in [6.07, 6.45) is 1.88. The predicted octanol–water partition coefficient (Wildman–Crippen LogP) is 4.30. The Morgan fingerprint density at radius 1 is 1.12 bits per heavy atom. The van der Waals surface area contributed by atoms with Gasteiger partial charge in [0.15, 0.2) is 5.13 Å². The van der Waals surface area contributed by atoms with Crippen molar-refractivity contribution in [2.75, 3.05) is 32.6 Å². The Hall–Kier alpha value is -3.10. The lowest BCUT2D eigenvalue weighted by molar-refractivity contribution is 0.0904. The fraction of sp³-hybridized carbons (Fsp3) is 0.333. The number of ether oxygens (including phenoxy) is 2. The van der Waals surface area contributed by atoms with Gasteiger partial charge in [0.25, 0.3) is 5.91 Å². The summed E-state index contributed by atoms with van der Waals surface area (Å²) in [5.74, 6) is 1.23. The van der Waals surface area contributed by atoms with Gasteiger partial charge >= 0.3 is 0 Å². The average molecular weight is 453 g/mol. The van der Waals surface area contributed by atoms with Crippen LogP contribution in [-0.2, 0) is 6.54 Å². The summed E-state index contributed by atoms with van der Waals surface area (Å²) in [6, 6.07) is 16.2. The van der Waals surface area contributed by atoms with Crippen LogP contribution in [0, 0.1) is 0 Å². The van der Waals surface area contributed by atoms with Crippen LogP contribution >= 0.6 is 11.3 Å². The maximum Gasteiger partial charge on any atom is 0.271 e. The Balaban J connectivity index is 1.29. The molecule has 168 valence electrons. The van der Waals surface area contributed by atoms with Gasteiger partial charge in [-0.05, 0) is 30.5 Å². The van der Waals surface area contributed by atoms with Gasteiger partial charge in [0, 0.05) is 37.1 Å². The van der Waals surface area contributed by atoms with Crippen molar-refractivity contribution in [3.63, 3.8) is 0 Å². The van der Waals surface area contributed by atoms with Crippen LogP contribution in [0.15, 0.2) is 53.9 Å². The number of nitrogens with one attached hydrogen (secondary N) is 2. The molecule has 4 rings (SSSR count). The summed E-state index contributed by atoms with van der Waals surface area (Å²) in [5, 5.41) is 8.78. The van der Waals surface area contributed by atoms with Gasteiger partial charge in [-0.1, -0.05) is 30.3 Å². The highest BCUT2D eigenvalue weighted by Crippen LogP contribution is 2.32. The molecule has 0 radical (unpaired) electrons. The SMILES string of the molecule is COc1ccc(Nc2nc(C(=O)NC3CCN(Cc4ccccc4)CC3)cs2)c(OC)c1. The second-order valence-corrected chi connectivity index (χ2v) is 8.60. The minimum absolute atomic E-state index is 0.127. The summed E-state index contributed by atoms with van der Waals surface area (Å²) in [6.45, 7) is 2.90. The Bertz CT molecular complexity index is 1030. The van der Waals surface area contributed by atoms with Crippen LogP contribution in [0.3, 0.4) is 0 Å². The van der Waals surface area contributed by atoms with Crippen molar-refractivity contribution in [2.45, 2.75) is 25.4 Å². The van der Waals surface area contributed by atoms with E-state index in [0.717, 1.165) is 38.2 Å². The van der Waals surface area contributed by atoms with Crippen molar-refractivity contribution in [1.82, 2.24) is 15.2 Å². The molecule has 1 amide bonds. The van der Waals surface area contributed by atoms with Crippen LogP contribution in [0.5, 0.6) is 11.5 Å². The molecular weight excluding hydrogens is 424 g/mol. The summed E-state index contributed by atoms with van der Waals surface area (Å²) in [5.41, 5.74) is 2.52. The van der Waals surface area contributed by atoms with Gasteiger partial charge < -0.3 is 20.1 Å². The highest BCUT2D eigenvalue weighted by Gasteiger charge is 2.22. The zero-order valence-corrected chi connectivity index (χ0v) is 19.2. The van der Waals surface area contributed by atoms with Crippen molar-refractivity contribution in [2.24, 2.45) is 0 Å². The molecule has 2 heterocycles. The Labute approximate surface area is 192 Å². The summed E-state index contributed by atoms with van der Waals surface area (Å²) < 4.78 is 10.6. The van der Waals surface area contributed by atoms with E-state index in [-0.39, 0.29) is 11.9 Å². The third-order valence-electron chi connectivity index (χ3n) is 5.56. The van der Waals surface area contributed by atoms with Crippen LogP contribution in [0.25, 0.3) is 0 Å². The normalized spacial score (nSPS) is 14.7. The molecule has 2 N–H and O–H groups in total. The van der Waals surface area contributed by atoms with Gasteiger partial charge in [-0.3, -0.25) is 9.69 Å². The molecule has 0 saturated carbocycles. The molecule has 32 heavy (non-hydrogen) atoms. The first-order chi connectivity index (χ1) is 15.6. The molecule has 0 spiro atoms. The lowest BCUT2D eigenvalue weighted by atomic mass is 10.0. The van der Waals surface area contributed by atoms with Gasteiger partial charge in [0.05, 0.1) is 19.9 Å². The Kier molecular flexibility index (Phi) is 7.24. The summed E-state index contributed by atoms with van der Waals surface area (Å²) in [4.78, 5) is 19.6. The number of anilines is 2. The molecule has 0 aliphatic carbocycles. The molecule has 1 saturated heterocycles. The van der Waals surface area contributed by atoms with E-state index >= 15 is 0 Å². The number of thiazole rings is 1. The maximum atomic E-state index is 12.7. The van der Waals surface area contributed by atoms with Gasteiger partial charge in [-0.15, -0.1) is 11.3 Å². The first-order valence-corrected chi connectivity index (χ1v) is 11.5. The molecule has 1 aliphatic heterocycles. The van der Waals surface area contributed by atoms with Crippen LogP contribution < -0.4 is 20.1 Å². The van der Waals surface area contributed by atoms with Crippen LogP contribution in [0.2, 0.25) is 0 Å². The molecular formula is C24H28N4O3S. The number of hydrogen-bond acceptors (Lipinski definition) is 7. The van der Waals surface area contributed by atoms with E-state index < -0.39 is 0 Å². The molecule has 1 fully saturated rings. The van der Waals surface area contributed by atoms with E-state index in [1.807, 2.05) is 18.2 Å². The highest BCUT2D eigenvalue weighted by molar-refractivity contribution is 7.14. The maximum absolute atomic E-state index is 12.7. The van der Waals surface area contributed by atoms with E-state index in [1.165, 1.54) is 16.9 Å². The van der Waals surface area contributed by atoms with Crippen molar-refractivity contribution >= 4 is 28.1 Å². The molecule has 0 bridgehead atoms. The second kappa shape index (κ2) is 10.5. The minimum atomic E-state index is -0.127.